The number of nitrogens with one attached hydrogen (secondary N) is 3. The third-order valence-corrected chi connectivity index (χ3v) is 19.3. The molecule has 1 unspecified atom stereocenters. The number of carboxylic acid groups (broad SMARTS) is 1. The first-order valence-corrected chi connectivity index (χ1v) is 27.3. The first-order valence-electron chi connectivity index (χ1n) is 26.5. The molecule has 4 amide bonds. The molecule has 3 spiro atoms. The Balaban J connectivity index is 0.707. The van der Waals surface area contributed by atoms with Crippen LogP contribution in [0.3, 0.4) is 0 Å². The molecule has 0 bridgehead atoms. The first kappa shape index (κ1) is 50.9. The number of pyridine rings is 1. The summed E-state index contributed by atoms with van der Waals surface area (Å²) in [4.78, 5) is 91.3. The van der Waals surface area contributed by atoms with Crippen molar-refractivity contribution in [3.8, 4) is 0 Å². The molecule has 7 heterocycles. The van der Waals surface area contributed by atoms with E-state index in [4.69, 9.17) is 23.2 Å². The first-order chi connectivity index (χ1) is 35.3. The van der Waals surface area contributed by atoms with Crippen LogP contribution in [0.15, 0.2) is 53.5 Å². The Morgan fingerprint density at radius 1 is 0.878 bits per heavy atom. The van der Waals surface area contributed by atoms with E-state index in [-0.39, 0.29) is 52.7 Å². The number of halogens is 3. The maximum absolute atomic E-state index is 16.6. The molecule has 19 heteroatoms. The van der Waals surface area contributed by atoms with Gasteiger partial charge in [0.2, 0.25) is 23.6 Å². The van der Waals surface area contributed by atoms with E-state index in [1.807, 2.05) is 25.2 Å². The van der Waals surface area contributed by atoms with Crippen molar-refractivity contribution in [1.29, 1.82) is 0 Å². The predicted molar refractivity (Wildman–Crippen MR) is 278 cm³/mol. The van der Waals surface area contributed by atoms with E-state index < -0.39 is 58.9 Å². The van der Waals surface area contributed by atoms with Crippen LogP contribution in [-0.2, 0) is 42.4 Å². The summed E-state index contributed by atoms with van der Waals surface area (Å²) in [5.74, 6) is -3.67. The lowest BCUT2D eigenvalue weighted by Crippen LogP contribution is -2.62. The molecular weight excluding hydrogens is 989 g/mol. The highest BCUT2D eigenvalue weighted by atomic mass is 35.5. The fourth-order valence-corrected chi connectivity index (χ4v) is 15.2. The smallest absolute Gasteiger partial charge is 0.330 e. The van der Waals surface area contributed by atoms with E-state index in [2.05, 4.69) is 49.5 Å². The van der Waals surface area contributed by atoms with E-state index in [1.165, 1.54) is 15.3 Å². The van der Waals surface area contributed by atoms with Crippen molar-refractivity contribution in [2.45, 2.75) is 139 Å². The van der Waals surface area contributed by atoms with Gasteiger partial charge in [-0.2, -0.15) is 0 Å². The van der Waals surface area contributed by atoms with E-state index in [9.17, 15) is 24.3 Å². The number of nitrogens with zero attached hydrogens (tertiary/aromatic N) is 6. The van der Waals surface area contributed by atoms with Crippen LogP contribution in [0, 0.1) is 22.6 Å². The fraction of sp³-hybridized carbons (Fsp3) is 0.582. The zero-order chi connectivity index (χ0) is 52.1. The molecular formula is C55H66Cl2FN9O7. The Bertz CT molecular complexity index is 3000. The van der Waals surface area contributed by atoms with Crippen molar-refractivity contribution >= 4 is 69.5 Å². The molecule has 16 nitrogen and oxygen atoms in total. The third-order valence-electron chi connectivity index (χ3n) is 18.8. The molecule has 4 aromatic rings. The Hall–Kier alpha value is -5.20. The number of likely N-dealkylation sites (N-methyl/N-ethyl adjacent to an activating group) is 1. The van der Waals surface area contributed by atoms with E-state index >= 15 is 14.0 Å². The van der Waals surface area contributed by atoms with Crippen molar-refractivity contribution < 1.29 is 33.5 Å². The van der Waals surface area contributed by atoms with Crippen molar-refractivity contribution in [2.75, 3.05) is 51.6 Å². The molecule has 4 saturated heterocycles. The highest BCUT2D eigenvalue weighted by Crippen LogP contribution is 2.67. The van der Waals surface area contributed by atoms with Gasteiger partial charge >= 0.3 is 11.7 Å². The Kier molecular flexibility index (Phi) is 13.2. The average molecular weight is 1060 g/mol. The second kappa shape index (κ2) is 19.1. The molecule has 74 heavy (non-hydrogen) atoms. The molecule has 7 aliphatic rings. The topological polar surface area (TPSA) is 191 Å². The lowest BCUT2D eigenvalue weighted by atomic mass is 9.53. The summed E-state index contributed by atoms with van der Waals surface area (Å²) in [6, 6.07) is 10.8. The molecule has 394 valence electrons. The summed E-state index contributed by atoms with van der Waals surface area (Å²) in [5.41, 5.74) is 1.06. The number of benzene rings is 2. The minimum absolute atomic E-state index is 0.0309. The van der Waals surface area contributed by atoms with Gasteiger partial charge in [0, 0.05) is 67.0 Å². The van der Waals surface area contributed by atoms with Gasteiger partial charge in [-0.15, -0.1) is 0 Å². The molecule has 2 saturated carbocycles. The highest BCUT2D eigenvalue weighted by Gasteiger charge is 2.75. The van der Waals surface area contributed by atoms with Crippen molar-refractivity contribution in [3.05, 3.63) is 91.8 Å². The zero-order valence-corrected chi connectivity index (χ0v) is 43.9. The third kappa shape index (κ3) is 8.56. The van der Waals surface area contributed by atoms with Gasteiger partial charge in [-0.05, 0) is 161 Å². The molecule has 2 aliphatic carbocycles. The number of carboxylic acids is 1. The SMILES string of the molecule is CN1[C@@H](C(=O)NC2CCC(CN3CCC4(CC3)CN(CCc3ccc5c(c3)n(CC(=O)O)c(=O)n5C3CCC(=O)NC3=O)C4)CC2)[C@H](c2ccnc(Cl)c2F)[C@]2(C(=O)Nc3cc(Cl)ccc32)C12CCC(C)(C)CC2. The number of fused-ring (bicyclic) bond motifs is 4. The van der Waals surface area contributed by atoms with Gasteiger partial charge in [0.25, 0.3) is 0 Å². The second-order valence-corrected chi connectivity index (χ2v) is 24.4. The summed E-state index contributed by atoms with van der Waals surface area (Å²) in [6.45, 7) is 9.94. The zero-order valence-electron chi connectivity index (χ0n) is 42.4. The number of hydrogen-bond acceptors (Lipinski definition) is 10. The molecule has 0 radical (unpaired) electrons. The second-order valence-electron chi connectivity index (χ2n) is 23.6. The van der Waals surface area contributed by atoms with Gasteiger partial charge in [-0.1, -0.05) is 49.2 Å². The van der Waals surface area contributed by atoms with Gasteiger partial charge in [-0.3, -0.25) is 43.3 Å². The molecule has 4 N–H and O–H groups in total. The highest BCUT2D eigenvalue weighted by molar-refractivity contribution is 6.31. The lowest BCUT2D eigenvalue weighted by molar-refractivity contribution is -0.138. The van der Waals surface area contributed by atoms with Crippen LogP contribution in [0.1, 0.15) is 120 Å². The normalized spacial score (nSPS) is 28.6. The number of hydrogen-bond donors (Lipinski definition) is 4. The number of rotatable bonds is 11. The maximum Gasteiger partial charge on any atom is 0.330 e. The van der Waals surface area contributed by atoms with Crippen LogP contribution >= 0.6 is 23.2 Å². The van der Waals surface area contributed by atoms with Gasteiger partial charge in [0.1, 0.15) is 18.0 Å². The number of imide groups is 1. The molecule has 6 fully saturated rings. The average Bonchev–Trinajstić information content (AvgIpc) is 3.87. The quantitative estimate of drug-likeness (QED) is 0.0930. The summed E-state index contributed by atoms with van der Waals surface area (Å²) in [6.07, 6.45) is 11.3. The molecule has 2 aromatic heterocycles. The number of aliphatic carboxylic acids is 1. The van der Waals surface area contributed by atoms with Gasteiger partial charge in [0.15, 0.2) is 11.0 Å². The van der Waals surface area contributed by atoms with Crippen LogP contribution in [0.4, 0.5) is 10.1 Å². The van der Waals surface area contributed by atoms with Crippen LogP contribution in [0.25, 0.3) is 11.0 Å². The minimum atomic E-state index is -1.32. The Morgan fingerprint density at radius 2 is 1.61 bits per heavy atom. The molecule has 2 aromatic carbocycles. The largest absolute Gasteiger partial charge is 0.480 e. The Labute approximate surface area is 439 Å². The van der Waals surface area contributed by atoms with Gasteiger partial charge in [-0.25, -0.2) is 14.2 Å². The van der Waals surface area contributed by atoms with Crippen LogP contribution < -0.4 is 21.6 Å². The van der Waals surface area contributed by atoms with E-state index in [0.717, 1.165) is 108 Å². The number of imidazole rings is 1. The summed E-state index contributed by atoms with van der Waals surface area (Å²) < 4.78 is 19.1. The number of anilines is 1. The number of likely N-dealkylation sites (tertiary alicyclic amines) is 3. The van der Waals surface area contributed by atoms with Crippen LogP contribution in [0.5, 0.6) is 0 Å². The molecule has 5 aliphatic heterocycles. The summed E-state index contributed by atoms with van der Waals surface area (Å²) >= 11 is 12.9. The monoisotopic (exact) mass is 1050 g/mol. The number of carbonyl (C=O) groups is 5. The lowest BCUT2D eigenvalue weighted by Gasteiger charge is -2.54. The van der Waals surface area contributed by atoms with Crippen molar-refractivity contribution in [3.63, 3.8) is 0 Å². The van der Waals surface area contributed by atoms with Crippen molar-refractivity contribution in [1.82, 2.24) is 39.5 Å². The summed E-state index contributed by atoms with van der Waals surface area (Å²) in [5, 5.41) is 18.7. The Morgan fingerprint density at radius 3 is 2.31 bits per heavy atom. The van der Waals surface area contributed by atoms with E-state index in [1.54, 1.807) is 24.3 Å². The van der Waals surface area contributed by atoms with Gasteiger partial charge in [0.05, 0.1) is 17.1 Å². The number of aromatic nitrogens is 3. The molecule has 4 atom stereocenters. The standard InChI is InChI=1S/C55H66Cl2FN9O7/c1-52(2)16-18-54(19-17-52)55(37-10-7-34(56)27-38(37)61-50(55)73)44(36-14-22-59-47(57)45(36)58)46(63(54)3)49(72)60-35-8-4-33(5-9-35)28-64-24-20-53(21-25-64)30-65(31-53)23-15-32-6-11-39-41(26-32)66(29-43(69)70)51(74)67(39)40-12-13-42(68)62-48(40)71/h6-7,10-11,14,22,26-27,33,35,40,44,46H,4-5,8-9,12-13,15-21,23-25,28-31H2,1-3H3,(H,60,72)(H,61,73)(H,69,70)(H,62,68,71)/t33?,35?,40?,44-,46+,55+/m0/s1. The summed E-state index contributed by atoms with van der Waals surface area (Å²) in [7, 11) is 1.95. The number of amides is 4. The number of piperidine rings is 2. The van der Waals surface area contributed by atoms with Crippen LogP contribution in [-0.4, -0.2) is 127 Å². The fourth-order valence-electron chi connectivity index (χ4n) is 14.9. The molecule has 11 rings (SSSR count). The number of carbonyl (C=O) groups excluding carboxylic acids is 4. The maximum atomic E-state index is 16.6. The van der Waals surface area contributed by atoms with Gasteiger partial charge < -0.3 is 25.5 Å². The van der Waals surface area contributed by atoms with Crippen LogP contribution in [0.2, 0.25) is 10.2 Å². The van der Waals surface area contributed by atoms with E-state index in [0.29, 0.717) is 45.9 Å². The predicted octanol–water partition coefficient (Wildman–Crippen LogP) is 6.65. The minimum Gasteiger partial charge on any atom is -0.480 e. The van der Waals surface area contributed by atoms with Crippen molar-refractivity contribution in [2.24, 2.45) is 16.7 Å².